The van der Waals surface area contributed by atoms with Crippen molar-refractivity contribution >= 4 is 11.7 Å². The molecule has 3 heterocycles. The number of hydrogen-bond acceptors (Lipinski definition) is 5. The highest BCUT2D eigenvalue weighted by molar-refractivity contribution is 5.94. The number of rotatable bonds is 3. The Bertz CT molecular complexity index is 545. The van der Waals surface area contributed by atoms with Crippen molar-refractivity contribution in [2.75, 3.05) is 65.3 Å². The SMILES string of the molecule is CN1CCC(N(C)C(=O)c2ccc(N3CCN(C)CC3)nc2)CC1. The van der Waals surface area contributed by atoms with Crippen LogP contribution in [0.25, 0.3) is 0 Å². The number of likely N-dealkylation sites (N-methyl/N-ethyl adjacent to an activating group) is 1. The highest BCUT2D eigenvalue weighted by Gasteiger charge is 2.25. The maximum absolute atomic E-state index is 12.7. The van der Waals surface area contributed by atoms with Crippen molar-refractivity contribution in [3.8, 4) is 0 Å². The molecule has 0 N–H and O–H groups in total. The van der Waals surface area contributed by atoms with E-state index in [9.17, 15) is 4.79 Å². The van der Waals surface area contributed by atoms with E-state index in [2.05, 4.69) is 33.8 Å². The van der Waals surface area contributed by atoms with Gasteiger partial charge < -0.3 is 19.6 Å². The Labute approximate surface area is 145 Å². The molecule has 0 atom stereocenters. The van der Waals surface area contributed by atoms with Gasteiger partial charge in [-0.3, -0.25) is 4.79 Å². The summed E-state index contributed by atoms with van der Waals surface area (Å²) in [6.07, 6.45) is 3.83. The summed E-state index contributed by atoms with van der Waals surface area (Å²) in [7, 11) is 6.21. The zero-order valence-electron chi connectivity index (χ0n) is 15.1. The maximum Gasteiger partial charge on any atom is 0.255 e. The molecule has 0 saturated carbocycles. The number of nitrogens with zero attached hydrogens (tertiary/aromatic N) is 5. The molecule has 6 heteroatoms. The number of carbonyl (C=O) groups excluding carboxylic acids is 1. The summed E-state index contributed by atoms with van der Waals surface area (Å²) < 4.78 is 0. The number of anilines is 1. The van der Waals surface area contributed by atoms with Gasteiger partial charge in [-0.2, -0.15) is 0 Å². The van der Waals surface area contributed by atoms with Crippen LogP contribution in [0.5, 0.6) is 0 Å². The number of likely N-dealkylation sites (tertiary alicyclic amines) is 1. The lowest BCUT2D eigenvalue weighted by molar-refractivity contribution is 0.0659. The van der Waals surface area contributed by atoms with E-state index in [1.807, 2.05) is 24.1 Å². The van der Waals surface area contributed by atoms with Crippen LogP contribution >= 0.6 is 0 Å². The topological polar surface area (TPSA) is 42.9 Å². The third kappa shape index (κ3) is 3.87. The number of aromatic nitrogens is 1. The van der Waals surface area contributed by atoms with Gasteiger partial charge in [0.05, 0.1) is 5.56 Å². The fraction of sp³-hybridized carbons (Fsp3) is 0.667. The third-order valence-electron chi connectivity index (χ3n) is 5.38. The van der Waals surface area contributed by atoms with Gasteiger partial charge in [-0.25, -0.2) is 4.98 Å². The molecule has 3 rings (SSSR count). The van der Waals surface area contributed by atoms with Gasteiger partial charge in [0.2, 0.25) is 0 Å². The van der Waals surface area contributed by atoms with Crippen molar-refractivity contribution in [1.29, 1.82) is 0 Å². The zero-order valence-corrected chi connectivity index (χ0v) is 15.1. The normalized spacial score (nSPS) is 21.0. The molecule has 0 aromatic carbocycles. The summed E-state index contributed by atoms with van der Waals surface area (Å²) in [4.78, 5) is 26.1. The first-order chi connectivity index (χ1) is 11.5. The summed E-state index contributed by atoms with van der Waals surface area (Å²) in [6.45, 7) is 6.22. The predicted octanol–water partition coefficient (Wildman–Crippen LogP) is 1.000. The monoisotopic (exact) mass is 331 g/mol. The highest BCUT2D eigenvalue weighted by Crippen LogP contribution is 2.18. The van der Waals surface area contributed by atoms with Crippen molar-refractivity contribution < 1.29 is 4.79 Å². The zero-order chi connectivity index (χ0) is 17.1. The van der Waals surface area contributed by atoms with Gasteiger partial charge in [0.15, 0.2) is 0 Å². The summed E-state index contributed by atoms with van der Waals surface area (Å²) in [5, 5.41) is 0. The molecule has 0 radical (unpaired) electrons. The van der Waals surface area contributed by atoms with Crippen molar-refractivity contribution in [3.05, 3.63) is 23.9 Å². The van der Waals surface area contributed by atoms with Crippen LogP contribution in [0.2, 0.25) is 0 Å². The van der Waals surface area contributed by atoms with Gasteiger partial charge in [-0.05, 0) is 52.2 Å². The van der Waals surface area contributed by atoms with Gasteiger partial charge in [0, 0.05) is 45.5 Å². The molecule has 132 valence electrons. The smallest absolute Gasteiger partial charge is 0.255 e. The fourth-order valence-electron chi connectivity index (χ4n) is 3.49. The quantitative estimate of drug-likeness (QED) is 0.827. The third-order valence-corrected chi connectivity index (χ3v) is 5.38. The number of pyridine rings is 1. The van der Waals surface area contributed by atoms with E-state index in [0.29, 0.717) is 11.6 Å². The molecule has 6 nitrogen and oxygen atoms in total. The summed E-state index contributed by atoms with van der Waals surface area (Å²) in [5.74, 6) is 1.06. The van der Waals surface area contributed by atoms with Gasteiger partial charge in [0.25, 0.3) is 5.91 Å². The molecule has 0 aliphatic carbocycles. The minimum Gasteiger partial charge on any atom is -0.354 e. The van der Waals surface area contributed by atoms with Gasteiger partial charge in [-0.15, -0.1) is 0 Å². The Morgan fingerprint density at radius 1 is 1.04 bits per heavy atom. The first kappa shape index (κ1) is 17.2. The molecule has 2 saturated heterocycles. The fourth-order valence-corrected chi connectivity index (χ4v) is 3.49. The van der Waals surface area contributed by atoms with E-state index in [0.717, 1.165) is 57.9 Å². The number of amides is 1. The molecular weight excluding hydrogens is 302 g/mol. The molecule has 1 aromatic rings. The van der Waals surface area contributed by atoms with E-state index in [1.165, 1.54) is 0 Å². The van der Waals surface area contributed by atoms with Crippen molar-refractivity contribution in [1.82, 2.24) is 19.7 Å². The summed E-state index contributed by atoms with van der Waals surface area (Å²) >= 11 is 0. The van der Waals surface area contributed by atoms with Crippen LogP contribution in [0.4, 0.5) is 5.82 Å². The Kier molecular flexibility index (Phi) is 5.36. The van der Waals surface area contributed by atoms with Crippen LogP contribution in [0.1, 0.15) is 23.2 Å². The van der Waals surface area contributed by atoms with Crippen LogP contribution in [0.3, 0.4) is 0 Å². The van der Waals surface area contributed by atoms with Crippen LogP contribution < -0.4 is 4.90 Å². The van der Waals surface area contributed by atoms with Crippen LogP contribution in [0.15, 0.2) is 18.3 Å². The minimum atomic E-state index is 0.0852. The summed E-state index contributed by atoms with van der Waals surface area (Å²) in [5.41, 5.74) is 0.689. The first-order valence-corrected chi connectivity index (χ1v) is 8.90. The maximum atomic E-state index is 12.7. The largest absolute Gasteiger partial charge is 0.354 e. The second-order valence-corrected chi connectivity index (χ2v) is 7.15. The van der Waals surface area contributed by atoms with Crippen molar-refractivity contribution in [3.63, 3.8) is 0 Å². The molecule has 24 heavy (non-hydrogen) atoms. The molecule has 0 spiro atoms. The summed E-state index contributed by atoms with van der Waals surface area (Å²) in [6, 6.07) is 4.25. The average Bonchev–Trinajstić information content (AvgIpc) is 2.62. The second kappa shape index (κ2) is 7.49. The predicted molar refractivity (Wildman–Crippen MR) is 96.6 cm³/mol. The van der Waals surface area contributed by atoms with E-state index in [4.69, 9.17) is 0 Å². The molecule has 1 aromatic heterocycles. The number of hydrogen-bond donors (Lipinski definition) is 0. The Hall–Kier alpha value is -1.66. The number of piperidine rings is 1. The number of piperazine rings is 1. The van der Waals surface area contributed by atoms with Crippen molar-refractivity contribution in [2.45, 2.75) is 18.9 Å². The van der Waals surface area contributed by atoms with Gasteiger partial charge >= 0.3 is 0 Å². The molecule has 2 aliphatic rings. The van der Waals surface area contributed by atoms with Crippen LogP contribution in [-0.2, 0) is 0 Å². The van der Waals surface area contributed by atoms with E-state index in [-0.39, 0.29) is 5.91 Å². The van der Waals surface area contributed by atoms with Gasteiger partial charge in [-0.1, -0.05) is 0 Å². The van der Waals surface area contributed by atoms with E-state index < -0.39 is 0 Å². The highest BCUT2D eigenvalue weighted by atomic mass is 16.2. The number of carbonyl (C=O) groups is 1. The van der Waals surface area contributed by atoms with E-state index in [1.54, 1.807) is 6.20 Å². The van der Waals surface area contributed by atoms with Crippen molar-refractivity contribution in [2.24, 2.45) is 0 Å². The molecule has 0 unspecified atom stereocenters. The Balaban J connectivity index is 1.61. The van der Waals surface area contributed by atoms with E-state index >= 15 is 0 Å². The molecule has 0 bridgehead atoms. The average molecular weight is 331 g/mol. The molecule has 2 fully saturated rings. The lowest BCUT2D eigenvalue weighted by Crippen LogP contribution is -2.45. The van der Waals surface area contributed by atoms with Crippen LogP contribution in [0, 0.1) is 0 Å². The Morgan fingerprint density at radius 2 is 1.67 bits per heavy atom. The lowest BCUT2D eigenvalue weighted by atomic mass is 10.0. The molecular formula is C18H29N5O. The molecule has 1 amide bonds. The van der Waals surface area contributed by atoms with Gasteiger partial charge in [0.1, 0.15) is 5.82 Å². The Morgan fingerprint density at radius 3 is 2.25 bits per heavy atom. The first-order valence-electron chi connectivity index (χ1n) is 8.90. The van der Waals surface area contributed by atoms with Crippen LogP contribution in [-0.4, -0.2) is 92.0 Å². The minimum absolute atomic E-state index is 0.0852. The molecule has 2 aliphatic heterocycles. The second-order valence-electron chi connectivity index (χ2n) is 7.15. The standard InChI is InChI=1S/C18H29N5O/c1-20-8-6-16(7-9-20)22(3)18(24)15-4-5-17(19-14-15)23-12-10-21(2)11-13-23/h4-5,14,16H,6-13H2,1-3H3. The lowest BCUT2D eigenvalue weighted by Gasteiger charge is -2.35.